The Morgan fingerprint density at radius 3 is 2.67 bits per heavy atom. The summed E-state index contributed by atoms with van der Waals surface area (Å²) in [6, 6.07) is 2.60. The minimum atomic E-state index is -3.85. The molecule has 1 aromatic heterocycles. The number of sulfonamides is 1. The summed E-state index contributed by atoms with van der Waals surface area (Å²) >= 11 is 7.15. The van der Waals surface area contributed by atoms with Gasteiger partial charge in [0.15, 0.2) is 0 Å². The molecule has 0 aliphatic carbocycles. The predicted octanol–water partition coefficient (Wildman–Crippen LogP) is 1.62. The van der Waals surface area contributed by atoms with Gasteiger partial charge in [0.1, 0.15) is 6.04 Å². The van der Waals surface area contributed by atoms with Crippen LogP contribution in [0.2, 0.25) is 4.34 Å². The maximum Gasteiger partial charge on any atom is 0.317 e. The normalized spacial score (nSPS) is 24.6. The number of rotatable bonds is 9. The van der Waals surface area contributed by atoms with E-state index in [0.717, 1.165) is 44.3 Å². The van der Waals surface area contributed by atoms with Crippen LogP contribution in [-0.4, -0.2) is 117 Å². The minimum absolute atomic E-state index is 0.0564. The Bertz CT molecular complexity index is 1190. The Morgan fingerprint density at radius 2 is 1.95 bits per heavy atom. The Morgan fingerprint density at radius 1 is 1.18 bits per heavy atom. The topological polar surface area (TPSA) is 122 Å². The summed E-state index contributed by atoms with van der Waals surface area (Å²) in [5.41, 5.74) is 0. The molecular formula is C25H37ClN6O5S2. The number of hydrogen-bond donors (Lipinski definition) is 2. The average molecular weight is 601 g/mol. The van der Waals surface area contributed by atoms with Gasteiger partial charge in [0.2, 0.25) is 21.8 Å². The second-order valence-corrected chi connectivity index (χ2v) is 13.7. The van der Waals surface area contributed by atoms with Crippen molar-refractivity contribution < 1.29 is 22.8 Å². The van der Waals surface area contributed by atoms with E-state index in [-0.39, 0.29) is 36.5 Å². The van der Waals surface area contributed by atoms with Gasteiger partial charge in [0.05, 0.1) is 10.9 Å². The number of hydrogen-bond acceptors (Lipinski definition) is 7. The molecule has 3 saturated heterocycles. The molecule has 3 atom stereocenters. The van der Waals surface area contributed by atoms with Gasteiger partial charge in [-0.25, -0.2) is 13.2 Å². The lowest BCUT2D eigenvalue weighted by atomic mass is 10.1. The van der Waals surface area contributed by atoms with Gasteiger partial charge < -0.3 is 20.0 Å². The fourth-order valence-electron chi connectivity index (χ4n) is 5.56. The quantitative estimate of drug-likeness (QED) is 0.444. The second-order valence-electron chi connectivity index (χ2n) is 10.3. The number of nitrogens with one attached hydrogen (secondary N) is 2. The van der Waals surface area contributed by atoms with Crippen molar-refractivity contribution in [3.05, 3.63) is 26.8 Å². The molecule has 0 radical (unpaired) electrons. The fraction of sp³-hybridized carbons (Fsp3) is 0.640. The van der Waals surface area contributed by atoms with Crippen LogP contribution < -0.4 is 10.0 Å². The lowest BCUT2D eigenvalue weighted by Crippen LogP contribution is -2.55. The average Bonchev–Trinajstić information content (AvgIpc) is 3.66. The van der Waals surface area contributed by atoms with E-state index >= 15 is 0 Å². The molecule has 1 aromatic rings. The molecule has 2 N–H and O–H groups in total. The summed E-state index contributed by atoms with van der Waals surface area (Å²) in [4.78, 5) is 46.4. The van der Waals surface area contributed by atoms with E-state index < -0.39 is 16.1 Å². The van der Waals surface area contributed by atoms with Crippen LogP contribution in [-0.2, 0) is 19.6 Å². The van der Waals surface area contributed by atoms with Gasteiger partial charge in [-0.3, -0.25) is 14.5 Å². The van der Waals surface area contributed by atoms with Crippen LogP contribution in [0.25, 0.3) is 6.08 Å². The summed E-state index contributed by atoms with van der Waals surface area (Å²) in [7, 11) is -0.429. The zero-order valence-corrected chi connectivity index (χ0v) is 24.7. The third-order valence-corrected chi connectivity index (χ3v) is 9.97. The van der Waals surface area contributed by atoms with Gasteiger partial charge in [0.25, 0.3) is 0 Å². The second kappa shape index (κ2) is 13.0. The zero-order chi connectivity index (χ0) is 28.2. The number of likely N-dealkylation sites (tertiary alicyclic amines) is 3. The highest BCUT2D eigenvalue weighted by Gasteiger charge is 2.37. The van der Waals surface area contributed by atoms with Crippen LogP contribution in [0.1, 0.15) is 37.0 Å². The van der Waals surface area contributed by atoms with E-state index in [1.807, 2.05) is 4.90 Å². The maximum absolute atomic E-state index is 13.3. The summed E-state index contributed by atoms with van der Waals surface area (Å²) < 4.78 is 28.2. The zero-order valence-electron chi connectivity index (χ0n) is 22.3. The summed E-state index contributed by atoms with van der Waals surface area (Å²) in [6.07, 6.45) is 5.13. The van der Waals surface area contributed by atoms with Crippen molar-refractivity contribution in [2.24, 2.45) is 0 Å². The Kier molecular flexibility index (Phi) is 9.92. The molecule has 4 amide bonds. The first-order chi connectivity index (χ1) is 18.6. The molecule has 0 bridgehead atoms. The number of carbonyl (C=O) groups excluding carboxylic acids is 3. The van der Waals surface area contributed by atoms with Crippen molar-refractivity contribution in [3.8, 4) is 0 Å². The van der Waals surface area contributed by atoms with E-state index in [0.29, 0.717) is 35.1 Å². The summed E-state index contributed by atoms with van der Waals surface area (Å²) in [5, 5.41) is 3.70. The highest BCUT2D eigenvalue weighted by atomic mass is 35.5. The van der Waals surface area contributed by atoms with Crippen molar-refractivity contribution in [3.63, 3.8) is 0 Å². The van der Waals surface area contributed by atoms with Gasteiger partial charge >= 0.3 is 6.03 Å². The molecule has 0 spiro atoms. The maximum atomic E-state index is 13.3. The van der Waals surface area contributed by atoms with Gasteiger partial charge in [-0.05, 0) is 50.3 Å². The van der Waals surface area contributed by atoms with Gasteiger partial charge in [-0.15, -0.1) is 11.3 Å². The van der Waals surface area contributed by atoms with Crippen LogP contribution in [0, 0.1) is 0 Å². The molecule has 39 heavy (non-hydrogen) atoms. The smallest absolute Gasteiger partial charge is 0.317 e. The Hall–Kier alpha value is -2.19. The highest BCUT2D eigenvalue weighted by molar-refractivity contribution is 7.92. The molecule has 4 heterocycles. The number of likely N-dealkylation sites (N-methyl/N-ethyl adjacent to an activating group) is 1. The number of nitrogens with zero attached hydrogens (tertiary/aromatic N) is 4. The van der Waals surface area contributed by atoms with Crippen molar-refractivity contribution >= 4 is 56.9 Å². The molecule has 3 aliphatic rings. The Balaban J connectivity index is 1.30. The molecule has 3 aliphatic heterocycles. The van der Waals surface area contributed by atoms with Crippen LogP contribution in [0.15, 0.2) is 17.5 Å². The first-order valence-corrected chi connectivity index (χ1v) is 16.0. The SMILES string of the molecule is CNC(=O)N(C)C1CCN(CC2CCCN2C(=O)CN2CCCC(NS(=O)(=O)/C=C/c3ccc(Cl)s3)C2=O)C1. The van der Waals surface area contributed by atoms with Crippen molar-refractivity contribution in [2.75, 3.05) is 53.4 Å². The van der Waals surface area contributed by atoms with E-state index in [1.165, 1.54) is 22.3 Å². The fourth-order valence-corrected chi connectivity index (χ4v) is 7.63. The number of amides is 4. The van der Waals surface area contributed by atoms with Crippen LogP contribution in [0.3, 0.4) is 0 Å². The van der Waals surface area contributed by atoms with Crippen LogP contribution in [0.4, 0.5) is 4.79 Å². The van der Waals surface area contributed by atoms with Crippen LogP contribution >= 0.6 is 22.9 Å². The molecular weight excluding hydrogens is 564 g/mol. The van der Waals surface area contributed by atoms with Gasteiger partial charge in [-0.2, -0.15) is 4.72 Å². The summed E-state index contributed by atoms with van der Waals surface area (Å²) in [5.74, 6) is -0.483. The standard InChI is InChI=1S/C25H37ClN6O5S2/c1-27-25(35)29(2)18-9-13-30(15-18)16-19-5-3-12-32(19)23(33)17-31-11-4-6-21(24(31)34)28-39(36,37)14-10-20-7-8-22(26)38-20/h7-8,10,14,18-19,21,28H,3-6,9,11-13,15-17H2,1-2H3,(H,27,35)/b14-10+. The molecule has 216 valence electrons. The molecule has 11 nitrogen and oxygen atoms in total. The number of piperidine rings is 1. The highest BCUT2D eigenvalue weighted by Crippen LogP contribution is 2.24. The molecule has 0 saturated carbocycles. The molecule has 14 heteroatoms. The summed E-state index contributed by atoms with van der Waals surface area (Å²) in [6.45, 7) is 3.38. The van der Waals surface area contributed by atoms with Crippen molar-refractivity contribution in [1.29, 1.82) is 0 Å². The lowest BCUT2D eigenvalue weighted by molar-refractivity contribution is -0.143. The van der Waals surface area contributed by atoms with E-state index in [1.54, 1.807) is 31.1 Å². The van der Waals surface area contributed by atoms with E-state index in [4.69, 9.17) is 11.6 Å². The van der Waals surface area contributed by atoms with E-state index in [9.17, 15) is 22.8 Å². The Labute approximate surface area is 239 Å². The minimum Gasteiger partial charge on any atom is -0.341 e. The predicted molar refractivity (Wildman–Crippen MR) is 152 cm³/mol. The third-order valence-electron chi connectivity index (χ3n) is 7.66. The van der Waals surface area contributed by atoms with Gasteiger partial charge in [0, 0.05) is 69.2 Å². The number of thiophene rings is 1. The first-order valence-electron chi connectivity index (χ1n) is 13.3. The van der Waals surface area contributed by atoms with Crippen molar-refractivity contribution in [1.82, 2.24) is 29.6 Å². The third kappa shape index (κ3) is 7.72. The number of carbonyl (C=O) groups is 3. The first kappa shape index (κ1) is 29.8. The molecule has 4 rings (SSSR count). The monoisotopic (exact) mass is 600 g/mol. The molecule has 3 unspecified atom stereocenters. The number of urea groups is 1. The number of halogens is 1. The largest absolute Gasteiger partial charge is 0.341 e. The van der Waals surface area contributed by atoms with Gasteiger partial charge in [-0.1, -0.05) is 11.6 Å². The van der Waals surface area contributed by atoms with E-state index in [2.05, 4.69) is 14.9 Å². The lowest BCUT2D eigenvalue weighted by Gasteiger charge is -2.34. The van der Waals surface area contributed by atoms with Crippen LogP contribution in [0.5, 0.6) is 0 Å². The van der Waals surface area contributed by atoms with Crippen molar-refractivity contribution in [2.45, 2.75) is 50.2 Å². The molecule has 0 aromatic carbocycles. The molecule has 3 fully saturated rings.